The first-order chi connectivity index (χ1) is 16.4. The lowest BCUT2D eigenvalue weighted by molar-refractivity contribution is 0.303. The molecule has 0 saturated carbocycles. The van der Waals surface area contributed by atoms with E-state index < -0.39 is 0 Å². The molecule has 1 unspecified atom stereocenters. The zero-order chi connectivity index (χ0) is 24.9. The lowest BCUT2D eigenvalue weighted by Gasteiger charge is -2.15. The maximum Gasteiger partial charge on any atom is 0.123 e. The lowest BCUT2D eigenvalue weighted by Crippen LogP contribution is -2.03. The van der Waals surface area contributed by atoms with E-state index in [4.69, 9.17) is 13.6 Å². The van der Waals surface area contributed by atoms with Crippen LogP contribution in [0, 0.1) is 13.8 Å². The number of aryl methyl sites for hydroxylation is 1. The summed E-state index contributed by atoms with van der Waals surface area (Å²) in [5.74, 6) is 0.929. The van der Waals surface area contributed by atoms with Gasteiger partial charge in [-0.1, -0.05) is 56.9 Å². The minimum Gasteiger partial charge on any atom is -0.488 e. The molecule has 0 amide bonds. The van der Waals surface area contributed by atoms with Gasteiger partial charge < -0.3 is 9.26 Å². The van der Waals surface area contributed by atoms with Gasteiger partial charge >= 0.3 is 0 Å². The first-order valence-corrected chi connectivity index (χ1v) is 14.0. The molecule has 1 atom stereocenters. The molecule has 0 radical (unpaired) electrons. The van der Waals surface area contributed by atoms with E-state index in [1.165, 1.54) is 28.2 Å². The Morgan fingerprint density at radius 3 is 2.68 bits per heavy atom. The molecule has 0 aliphatic carbocycles. The van der Waals surface area contributed by atoms with E-state index in [9.17, 15) is 0 Å². The van der Waals surface area contributed by atoms with Crippen LogP contribution in [-0.2, 0) is 17.6 Å². The average molecular weight is 498 g/mol. The fourth-order valence-corrected chi connectivity index (χ4v) is 5.17. The Balaban J connectivity index is 2.23. The molecule has 0 aliphatic heterocycles. The zero-order valence-corrected chi connectivity index (χ0v) is 23.3. The molecule has 3 nitrogen and oxygen atoms in total. The maximum absolute atomic E-state index is 6.39. The number of ether oxygens (including phenoxy) is 1. The number of unbranched alkanes of at least 4 members (excludes halogenated alkanes) is 1. The number of allylic oxidation sites excluding steroid dienone is 6. The average Bonchev–Trinajstić information content (AvgIpc) is 3.24. The molecular weight excluding hydrogens is 457 g/mol. The predicted molar refractivity (Wildman–Crippen MR) is 152 cm³/mol. The molecule has 0 fully saturated rings. The molecule has 2 rings (SSSR count). The Bertz CT molecular complexity index is 1020. The van der Waals surface area contributed by atoms with E-state index in [2.05, 4.69) is 58.2 Å². The summed E-state index contributed by atoms with van der Waals surface area (Å²) in [5, 5.41) is 0. The van der Waals surface area contributed by atoms with Crippen molar-refractivity contribution in [1.29, 1.82) is 0 Å². The largest absolute Gasteiger partial charge is 0.488 e. The van der Waals surface area contributed by atoms with Gasteiger partial charge in [0.2, 0.25) is 0 Å². The van der Waals surface area contributed by atoms with Crippen LogP contribution in [0.4, 0.5) is 0 Å². The van der Waals surface area contributed by atoms with E-state index in [-0.39, 0.29) is 0 Å². The molecule has 0 spiro atoms. The van der Waals surface area contributed by atoms with Crippen LogP contribution in [0.2, 0.25) is 0 Å². The summed E-state index contributed by atoms with van der Waals surface area (Å²) >= 11 is 1.49. The van der Waals surface area contributed by atoms with Crippen molar-refractivity contribution in [1.82, 2.24) is 4.37 Å². The van der Waals surface area contributed by atoms with Crippen molar-refractivity contribution in [3.8, 4) is 5.75 Å². The smallest absolute Gasteiger partial charge is 0.123 e. The number of hydrogen-bond donors (Lipinski definition) is 0. The van der Waals surface area contributed by atoms with Crippen LogP contribution in [0.25, 0.3) is 11.1 Å². The third-order valence-electron chi connectivity index (χ3n) is 5.69. The second-order valence-corrected chi connectivity index (χ2v) is 10.2. The molecule has 0 aliphatic rings. The highest BCUT2D eigenvalue weighted by Crippen LogP contribution is 2.33. The Hall–Kier alpha value is -2.00. The summed E-state index contributed by atoms with van der Waals surface area (Å²) in [5.41, 5.74) is 8.02. The minimum atomic E-state index is 0.458. The van der Waals surface area contributed by atoms with Gasteiger partial charge in [0, 0.05) is 26.6 Å². The SMILES string of the molecule is C=C/C=C(\C=C/CCC)c1nsc(C(=C)C)c1COc1ccc(CCCPOCC)c(C)c1C. The fraction of sp³-hybridized carbons (Fsp3) is 0.414. The molecular formula is C29H40NO2PS. The van der Waals surface area contributed by atoms with Crippen LogP contribution in [0.1, 0.15) is 72.9 Å². The zero-order valence-electron chi connectivity index (χ0n) is 21.5. The summed E-state index contributed by atoms with van der Waals surface area (Å²) in [6.45, 7) is 19.9. The maximum atomic E-state index is 6.39. The number of hydrogen-bond acceptors (Lipinski definition) is 4. The summed E-state index contributed by atoms with van der Waals surface area (Å²) in [6, 6.07) is 4.33. The predicted octanol–water partition coefficient (Wildman–Crippen LogP) is 8.86. The first kappa shape index (κ1) is 28.2. The van der Waals surface area contributed by atoms with Crippen molar-refractivity contribution in [3.05, 3.63) is 82.4 Å². The van der Waals surface area contributed by atoms with Crippen molar-refractivity contribution >= 4 is 31.5 Å². The van der Waals surface area contributed by atoms with E-state index in [0.29, 0.717) is 15.4 Å². The van der Waals surface area contributed by atoms with E-state index >= 15 is 0 Å². The number of nitrogens with zero attached hydrogens (tertiary/aromatic N) is 1. The van der Waals surface area contributed by atoms with Gasteiger partial charge in [0.1, 0.15) is 12.4 Å². The summed E-state index contributed by atoms with van der Waals surface area (Å²) in [6.07, 6.45) is 13.7. The van der Waals surface area contributed by atoms with Gasteiger partial charge in [0.25, 0.3) is 0 Å². The van der Waals surface area contributed by atoms with Crippen molar-refractivity contribution in [2.24, 2.45) is 0 Å². The van der Waals surface area contributed by atoms with Crippen LogP contribution in [0.5, 0.6) is 5.75 Å². The van der Waals surface area contributed by atoms with Gasteiger partial charge in [-0.3, -0.25) is 0 Å². The minimum absolute atomic E-state index is 0.458. The van der Waals surface area contributed by atoms with Gasteiger partial charge in [0.05, 0.1) is 10.6 Å². The van der Waals surface area contributed by atoms with Crippen LogP contribution in [0.3, 0.4) is 0 Å². The van der Waals surface area contributed by atoms with Crippen LogP contribution in [-0.4, -0.2) is 17.1 Å². The molecule has 1 heterocycles. The normalized spacial score (nSPS) is 12.2. The topological polar surface area (TPSA) is 31.4 Å². The highest BCUT2D eigenvalue weighted by atomic mass is 32.1. The van der Waals surface area contributed by atoms with E-state index in [0.717, 1.165) is 71.5 Å². The molecule has 0 bridgehead atoms. The Morgan fingerprint density at radius 2 is 2.00 bits per heavy atom. The van der Waals surface area contributed by atoms with Gasteiger partial charge in [0.15, 0.2) is 0 Å². The third kappa shape index (κ3) is 8.05. The van der Waals surface area contributed by atoms with Gasteiger partial charge in [-0.25, -0.2) is 0 Å². The van der Waals surface area contributed by atoms with Crippen molar-refractivity contribution in [3.63, 3.8) is 0 Å². The van der Waals surface area contributed by atoms with E-state index in [1.807, 2.05) is 26.0 Å². The first-order valence-electron chi connectivity index (χ1n) is 12.1. The number of rotatable bonds is 15. The van der Waals surface area contributed by atoms with Crippen molar-refractivity contribution in [2.45, 2.75) is 66.9 Å². The standard InChI is InChI=1S/C29H40NO2PS/c1-8-11-12-15-25(14-9-2)28-26(29(21(4)5)34-30-28)20-31-27-18-17-24(22(6)23(27)7)16-13-19-33-32-10-3/h9,12,14-15,17-18,33H,2,4,8,10-11,13,16,19-20H2,1,3,5-7H3/b15-12-,25-14+. The molecule has 1 aromatic heterocycles. The molecule has 184 valence electrons. The third-order valence-corrected chi connectivity index (χ3v) is 7.79. The van der Waals surface area contributed by atoms with Gasteiger partial charge in [-0.2, -0.15) is 4.37 Å². The quantitative estimate of drug-likeness (QED) is 0.140. The Kier molecular flexibility index (Phi) is 12.5. The second kappa shape index (κ2) is 15.1. The monoisotopic (exact) mass is 497 g/mol. The summed E-state index contributed by atoms with van der Waals surface area (Å²) in [4.78, 5) is 1.09. The van der Waals surface area contributed by atoms with Crippen molar-refractivity contribution < 1.29 is 9.26 Å². The second-order valence-electron chi connectivity index (χ2n) is 8.36. The highest BCUT2D eigenvalue weighted by molar-refractivity contribution is 7.32. The van der Waals surface area contributed by atoms with Gasteiger partial charge in [-0.15, -0.1) is 0 Å². The Labute approximate surface area is 212 Å². The fourth-order valence-electron chi connectivity index (χ4n) is 3.68. The summed E-state index contributed by atoms with van der Waals surface area (Å²) in [7, 11) is 0.602. The molecule has 0 N–H and O–H groups in total. The number of benzene rings is 1. The molecule has 1 aromatic carbocycles. The van der Waals surface area contributed by atoms with E-state index in [1.54, 1.807) is 0 Å². The summed E-state index contributed by atoms with van der Waals surface area (Å²) < 4.78 is 16.7. The molecule has 5 heteroatoms. The molecule has 0 saturated heterocycles. The molecule has 2 aromatic rings. The van der Waals surface area contributed by atoms with Crippen molar-refractivity contribution in [2.75, 3.05) is 12.8 Å². The van der Waals surface area contributed by atoms with Crippen LogP contribution in [0.15, 0.2) is 49.6 Å². The van der Waals surface area contributed by atoms with Crippen LogP contribution < -0.4 is 4.74 Å². The highest BCUT2D eigenvalue weighted by Gasteiger charge is 2.18. The van der Waals surface area contributed by atoms with Crippen LogP contribution >= 0.6 is 20.3 Å². The number of aromatic nitrogens is 1. The lowest BCUT2D eigenvalue weighted by atomic mass is 9.99. The molecule has 34 heavy (non-hydrogen) atoms. The Morgan fingerprint density at radius 1 is 1.21 bits per heavy atom. The van der Waals surface area contributed by atoms with Gasteiger partial charge in [-0.05, 0) is 93.0 Å².